The maximum Gasteiger partial charge on any atom is 0.335 e. The van der Waals surface area contributed by atoms with Crippen LogP contribution < -0.4 is 10.6 Å². The number of aromatic carboxylic acids is 1. The number of alkyl halides is 1. The minimum Gasteiger partial charge on any atom is -0.478 e. The lowest BCUT2D eigenvalue weighted by atomic mass is 10.1. The number of urea groups is 1. The molecule has 3 N–H and O–H groups in total. The fourth-order valence-electron chi connectivity index (χ4n) is 1.47. The molecule has 0 heterocycles. The van der Waals surface area contributed by atoms with Crippen molar-refractivity contribution in [1.82, 2.24) is 10.6 Å². The van der Waals surface area contributed by atoms with Gasteiger partial charge in [0, 0.05) is 13.1 Å². The van der Waals surface area contributed by atoms with Crippen LogP contribution in [0, 0.1) is 0 Å². The minimum atomic E-state index is -0.961. The standard InChI is InChI=1S/C13H17FN2O3/c14-7-1-8-15-13(19)16-9-6-10-2-4-11(5-3-10)12(17)18/h2-5H,1,6-9H2,(H,17,18)(H2,15,16,19). The third-order valence-electron chi connectivity index (χ3n) is 2.50. The van der Waals surface area contributed by atoms with Crippen LogP contribution in [0.5, 0.6) is 0 Å². The van der Waals surface area contributed by atoms with E-state index in [0.29, 0.717) is 25.9 Å². The van der Waals surface area contributed by atoms with E-state index in [2.05, 4.69) is 10.6 Å². The number of carboxylic acid groups (broad SMARTS) is 1. The highest BCUT2D eigenvalue weighted by Crippen LogP contribution is 2.04. The van der Waals surface area contributed by atoms with Gasteiger partial charge in [0.1, 0.15) is 0 Å². The average molecular weight is 268 g/mol. The SMILES string of the molecule is O=C(NCCCF)NCCc1ccc(C(=O)O)cc1. The van der Waals surface area contributed by atoms with Crippen LogP contribution in [0.25, 0.3) is 0 Å². The molecule has 0 atom stereocenters. The summed E-state index contributed by atoms with van der Waals surface area (Å²) in [6.45, 7) is 0.305. The summed E-state index contributed by atoms with van der Waals surface area (Å²) in [7, 11) is 0. The van der Waals surface area contributed by atoms with E-state index in [4.69, 9.17) is 5.11 Å². The summed E-state index contributed by atoms with van der Waals surface area (Å²) in [6, 6.07) is 6.16. The van der Waals surface area contributed by atoms with Gasteiger partial charge >= 0.3 is 12.0 Å². The second kappa shape index (κ2) is 8.07. The van der Waals surface area contributed by atoms with E-state index in [1.54, 1.807) is 12.1 Å². The third kappa shape index (κ3) is 5.85. The topological polar surface area (TPSA) is 78.4 Å². The van der Waals surface area contributed by atoms with E-state index in [1.807, 2.05) is 0 Å². The van der Waals surface area contributed by atoms with Crippen molar-refractivity contribution in [3.8, 4) is 0 Å². The molecule has 0 aliphatic heterocycles. The van der Waals surface area contributed by atoms with E-state index in [9.17, 15) is 14.0 Å². The van der Waals surface area contributed by atoms with Gasteiger partial charge in [-0.25, -0.2) is 9.59 Å². The van der Waals surface area contributed by atoms with Gasteiger partial charge in [0.2, 0.25) is 0 Å². The van der Waals surface area contributed by atoms with Gasteiger partial charge < -0.3 is 15.7 Å². The van der Waals surface area contributed by atoms with Crippen molar-refractivity contribution in [2.24, 2.45) is 0 Å². The van der Waals surface area contributed by atoms with E-state index < -0.39 is 12.6 Å². The van der Waals surface area contributed by atoms with Crippen LogP contribution in [-0.4, -0.2) is 36.9 Å². The number of carbonyl (C=O) groups excluding carboxylic acids is 1. The van der Waals surface area contributed by atoms with Gasteiger partial charge in [-0.15, -0.1) is 0 Å². The average Bonchev–Trinajstić information content (AvgIpc) is 2.39. The largest absolute Gasteiger partial charge is 0.478 e. The molecule has 1 aromatic carbocycles. The third-order valence-corrected chi connectivity index (χ3v) is 2.50. The molecule has 0 fully saturated rings. The number of hydrogen-bond acceptors (Lipinski definition) is 2. The zero-order chi connectivity index (χ0) is 14.1. The lowest BCUT2D eigenvalue weighted by Gasteiger charge is -2.07. The lowest BCUT2D eigenvalue weighted by Crippen LogP contribution is -2.37. The molecule has 19 heavy (non-hydrogen) atoms. The van der Waals surface area contributed by atoms with Crippen LogP contribution in [0.15, 0.2) is 24.3 Å². The smallest absolute Gasteiger partial charge is 0.335 e. The summed E-state index contributed by atoms with van der Waals surface area (Å²) in [6.07, 6.45) is 0.917. The first-order chi connectivity index (χ1) is 9.13. The second-order valence-electron chi connectivity index (χ2n) is 3.98. The Bertz CT molecular complexity index is 420. The Balaban J connectivity index is 2.25. The molecule has 0 aliphatic rings. The summed E-state index contributed by atoms with van der Waals surface area (Å²) >= 11 is 0. The maximum atomic E-state index is 11.8. The fraction of sp³-hybridized carbons (Fsp3) is 0.385. The van der Waals surface area contributed by atoms with Crippen molar-refractivity contribution < 1.29 is 19.1 Å². The van der Waals surface area contributed by atoms with Gasteiger partial charge in [-0.05, 0) is 30.5 Å². The number of hydrogen-bond donors (Lipinski definition) is 3. The van der Waals surface area contributed by atoms with Crippen molar-refractivity contribution in [1.29, 1.82) is 0 Å². The Morgan fingerprint density at radius 2 is 1.74 bits per heavy atom. The van der Waals surface area contributed by atoms with Gasteiger partial charge in [0.05, 0.1) is 12.2 Å². The normalized spacial score (nSPS) is 9.95. The van der Waals surface area contributed by atoms with Crippen LogP contribution in [-0.2, 0) is 6.42 Å². The molecule has 0 unspecified atom stereocenters. The molecule has 0 spiro atoms. The molecular weight excluding hydrogens is 251 g/mol. The molecule has 1 rings (SSSR count). The lowest BCUT2D eigenvalue weighted by molar-refractivity contribution is 0.0697. The molecule has 0 saturated heterocycles. The van der Waals surface area contributed by atoms with Gasteiger partial charge in [-0.3, -0.25) is 4.39 Å². The predicted molar refractivity (Wildman–Crippen MR) is 69.1 cm³/mol. The molecule has 0 aromatic heterocycles. The number of carbonyl (C=O) groups is 2. The Hall–Kier alpha value is -2.11. The van der Waals surface area contributed by atoms with Crippen molar-refractivity contribution in [3.05, 3.63) is 35.4 Å². The quantitative estimate of drug-likeness (QED) is 0.657. The van der Waals surface area contributed by atoms with Crippen LogP contribution >= 0.6 is 0 Å². The highest BCUT2D eigenvalue weighted by molar-refractivity contribution is 5.87. The van der Waals surface area contributed by atoms with Crippen molar-refractivity contribution >= 4 is 12.0 Å². The maximum absolute atomic E-state index is 11.8. The molecule has 104 valence electrons. The second-order valence-corrected chi connectivity index (χ2v) is 3.98. The number of halogens is 1. The van der Waals surface area contributed by atoms with E-state index in [0.717, 1.165) is 5.56 Å². The molecule has 0 aliphatic carbocycles. The summed E-state index contributed by atoms with van der Waals surface area (Å²) in [5.74, 6) is -0.961. The Morgan fingerprint density at radius 3 is 2.32 bits per heavy atom. The van der Waals surface area contributed by atoms with Crippen LogP contribution in [0.3, 0.4) is 0 Å². The Labute approximate surface area is 110 Å². The first-order valence-corrected chi connectivity index (χ1v) is 6.03. The zero-order valence-corrected chi connectivity index (χ0v) is 10.5. The van der Waals surface area contributed by atoms with Crippen LogP contribution in [0.2, 0.25) is 0 Å². The molecule has 6 heteroatoms. The monoisotopic (exact) mass is 268 g/mol. The summed E-state index contributed by atoms with van der Waals surface area (Å²) in [5.41, 5.74) is 1.18. The molecule has 5 nitrogen and oxygen atoms in total. The van der Waals surface area contributed by atoms with Crippen molar-refractivity contribution in [2.75, 3.05) is 19.8 Å². The van der Waals surface area contributed by atoms with Gasteiger partial charge in [0.15, 0.2) is 0 Å². The number of amides is 2. The fourth-order valence-corrected chi connectivity index (χ4v) is 1.47. The van der Waals surface area contributed by atoms with Crippen LogP contribution in [0.4, 0.5) is 9.18 Å². The van der Waals surface area contributed by atoms with E-state index in [1.165, 1.54) is 12.1 Å². The molecular formula is C13H17FN2O3. The van der Waals surface area contributed by atoms with Crippen molar-refractivity contribution in [2.45, 2.75) is 12.8 Å². The first-order valence-electron chi connectivity index (χ1n) is 6.03. The van der Waals surface area contributed by atoms with Crippen LogP contribution in [0.1, 0.15) is 22.3 Å². The molecule has 1 aromatic rings. The van der Waals surface area contributed by atoms with E-state index in [-0.39, 0.29) is 11.6 Å². The number of nitrogens with one attached hydrogen (secondary N) is 2. The molecule has 0 saturated carbocycles. The predicted octanol–water partition coefficient (Wildman–Crippen LogP) is 1.59. The van der Waals surface area contributed by atoms with Gasteiger partial charge in [-0.2, -0.15) is 0 Å². The minimum absolute atomic E-state index is 0.237. The first kappa shape index (κ1) is 14.9. The highest BCUT2D eigenvalue weighted by atomic mass is 19.1. The Morgan fingerprint density at radius 1 is 1.11 bits per heavy atom. The van der Waals surface area contributed by atoms with Gasteiger partial charge in [-0.1, -0.05) is 12.1 Å². The summed E-state index contributed by atoms with van der Waals surface area (Å²) < 4.78 is 11.8. The van der Waals surface area contributed by atoms with Gasteiger partial charge in [0.25, 0.3) is 0 Å². The van der Waals surface area contributed by atoms with Crippen molar-refractivity contribution in [3.63, 3.8) is 0 Å². The number of rotatable bonds is 7. The number of carboxylic acids is 1. The highest BCUT2D eigenvalue weighted by Gasteiger charge is 2.02. The summed E-state index contributed by atoms with van der Waals surface area (Å²) in [4.78, 5) is 21.9. The summed E-state index contributed by atoms with van der Waals surface area (Å²) in [5, 5.41) is 13.9. The van der Waals surface area contributed by atoms with E-state index >= 15 is 0 Å². The molecule has 0 bridgehead atoms. The Kier molecular flexibility index (Phi) is 6.35. The molecule has 2 amide bonds. The number of benzene rings is 1. The molecule has 0 radical (unpaired) electrons. The zero-order valence-electron chi connectivity index (χ0n) is 10.5.